The van der Waals surface area contributed by atoms with Gasteiger partial charge in [-0.2, -0.15) is 0 Å². The van der Waals surface area contributed by atoms with Crippen LogP contribution < -0.4 is 11.1 Å². The van der Waals surface area contributed by atoms with E-state index in [9.17, 15) is 14.4 Å². The highest BCUT2D eigenvalue weighted by Crippen LogP contribution is 2.18. The third-order valence-corrected chi connectivity index (χ3v) is 2.96. The summed E-state index contributed by atoms with van der Waals surface area (Å²) in [5, 5.41) is 11.5. The van der Waals surface area contributed by atoms with Crippen LogP contribution in [0.4, 0.5) is 0 Å². The number of likely N-dealkylation sites (tertiary alicyclic amines) is 1. The predicted molar refractivity (Wildman–Crippen MR) is 63.6 cm³/mol. The monoisotopic (exact) mass is 257 g/mol. The molecule has 0 aromatic heterocycles. The van der Waals surface area contributed by atoms with Crippen molar-refractivity contribution >= 4 is 17.8 Å². The molecule has 3 atom stereocenters. The van der Waals surface area contributed by atoms with Gasteiger partial charge in [-0.1, -0.05) is 0 Å². The maximum Gasteiger partial charge on any atom is 0.326 e. The van der Waals surface area contributed by atoms with Gasteiger partial charge in [-0.15, -0.1) is 0 Å². The van der Waals surface area contributed by atoms with Gasteiger partial charge in [0.05, 0.1) is 6.04 Å². The van der Waals surface area contributed by atoms with Crippen molar-refractivity contribution in [2.45, 2.75) is 44.8 Å². The molecule has 7 heteroatoms. The molecule has 18 heavy (non-hydrogen) atoms. The Hall–Kier alpha value is -1.63. The maximum atomic E-state index is 12.0. The van der Waals surface area contributed by atoms with E-state index in [0.29, 0.717) is 19.4 Å². The summed E-state index contributed by atoms with van der Waals surface area (Å²) in [7, 11) is 0. The summed E-state index contributed by atoms with van der Waals surface area (Å²) in [5.74, 6) is -1.82. The molecule has 2 amide bonds. The van der Waals surface area contributed by atoms with Crippen LogP contribution in [0.3, 0.4) is 0 Å². The van der Waals surface area contributed by atoms with Gasteiger partial charge in [0.1, 0.15) is 12.1 Å². The lowest BCUT2D eigenvalue weighted by molar-refractivity contribution is -0.149. The van der Waals surface area contributed by atoms with Crippen molar-refractivity contribution in [2.24, 2.45) is 5.73 Å². The molecule has 1 aliphatic rings. The zero-order valence-corrected chi connectivity index (χ0v) is 10.5. The maximum absolute atomic E-state index is 12.0. The summed E-state index contributed by atoms with van der Waals surface area (Å²) in [5.41, 5.74) is 5.38. The number of carbonyl (C=O) groups excluding carboxylic acids is 2. The van der Waals surface area contributed by atoms with Crippen LogP contribution in [0.2, 0.25) is 0 Å². The van der Waals surface area contributed by atoms with Gasteiger partial charge >= 0.3 is 5.97 Å². The number of hydrogen-bond donors (Lipinski definition) is 3. The predicted octanol–water partition coefficient (Wildman–Crippen LogP) is -1.09. The molecule has 0 radical (unpaired) electrons. The molecule has 0 aliphatic carbocycles. The van der Waals surface area contributed by atoms with Crippen LogP contribution in [0.25, 0.3) is 0 Å². The van der Waals surface area contributed by atoms with E-state index in [-0.39, 0.29) is 5.91 Å². The van der Waals surface area contributed by atoms with Crippen molar-refractivity contribution in [3.8, 4) is 0 Å². The average molecular weight is 257 g/mol. The van der Waals surface area contributed by atoms with E-state index in [4.69, 9.17) is 10.8 Å². The third kappa shape index (κ3) is 3.19. The number of nitrogens with two attached hydrogens (primary N) is 1. The topological polar surface area (TPSA) is 113 Å². The van der Waals surface area contributed by atoms with Crippen molar-refractivity contribution in [1.82, 2.24) is 10.2 Å². The minimum Gasteiger partial charge on any atom is -0.480 e. The summed E-state index contributed by atoms with van der Waals surface area (Å²) in [6.45, 7) is 3.45. The van der Waals surface area contributed by atoms with Crippen molar-refractivity contribution in [2.75, 3.05) is 6.54 Å². The van der Waals surface area contributed by atoms with E-state index in [1.54, 1.807) is 0 Å². The van der Waals surface area contributed by atoms with Gasteiger partial charge in [0.2, 0.25) is 11.8 Å². The highest BCUT2D eigenvalue weighted by atomic mass is 16.4. The largest absolute Gasteiger partial charge is 0.480 e. The summed E-state index contributed by atoms with van der Waals surface area (Å²) in [4.78, 5) is 35.7. The Morgan fingerprint density at radius 3 is 2.50 bits per heavy atom. The van der Waals surface area contributed by atoms with E-state index in [2.05, 4.69) is 5.32 Å². The molecule has 1 heterocycles. The lowest BCUT2D eigenvalue weighted by Gasteiger charge is -2.25. The molecule has 0 saturated carbocycles. The van der Waals surface area contributed by atoms with Crippen LogP contribution in [0.1, 0.15) is 26.7 Å². The minimum atomic E-state index is -1.01. The molecule has 0 unspecified atom stereocenters. The molecule has 1 rings (SSSR count). The molecule has 0 spiro atoms. The molecule has 1 aliphatic heterocycles. The molecule has 1 saturated heterocycles. The number of nitrogens with one attached hydrogen (secondary N) is 1. The Morgan fingerprint density at radius 1 is 1.39 bits per heavy atom. The summed E-state index contributed by atoms with van der Waals surface area (Å²) < 4.78 is 0. The first kappa shape index (κ1) is 14.4. The summed E-state index contributed by atoms with van der Waals surface area (Å²) >= 11 is 0. The second-order valence-electron chi connectivity index (χ2n) is 4.55. The highest BCUT2D eigenvalue weighted by molar-refractivity contribution is 5.91. The Balaban J connectivity index is 2.63. The van der Waals surface area contributed by atoms with E-state index >= 15 is 0 Å². The molecule has 1 fully saturated rings. The number of carboxylic acids is 1. The quantitative estimate of drug-likeness (QED) is 0.592. The molecule has 4 N–H and O–H groups in total. The van der Waals surface area contributed by atoms with Gasteiger partial charge in [-0.3, -0.25) is 9.59 Å². The Kier molecular flexibility index (Phi) is 4.66. The molecule has 0 bridgehead atoms. The Morgan fingerprint density at radius 2 is 2.00 bits per heavy atom. The van der Waals surface area contributed by atoms with Crippen molar-refractivity contribution in [1.29, 1.82) is 0 Å². The van der Waals surface area contributed by atoms with Crippen LogP contribution >= 0.6 is 0 Å². The normalized spacial score (nSPS) is 22.4. The number of amides is 2. The van der Waals surface area contributed by atoms with Gasteiger partial charge < -0.3 is 21.1 Å². The zero-order chi connectivity index (χ0) is 13.9. The zero-order valence-electron chi connectivity index (χ0n) is 10.5. The van der Waals surface area contributed by atoms with Crippen LogP contribution in [0, 0.1) is 0 Å². The first-order valence-electron chi connectivity index (χ1n) is 5.93. The number of hydrogen-bond acceptors (Lipinski definition) is 4. The van der Waals surface area contributed by atoms with Gasteiger partial charge in [0.15, 0.2) is 0 Å². The van der Waals surface area contributed by atoms with Crippen LogP contribution in [0.15, 0.2) is 0 Å². The fourth-order valence-corrected chi connectivity index (χ4v) is 1.94. The second-order valence-corrected chi connectivity index (χ2v) is 4.55. The van der Waals surface area contributed by atoms with Crippen LogP contribution in [0.5, 0.6) is 0 Å². The van der Waals surface area contributed by atoms with Crippen molar-refractivity contribution in [3.63, 3.8) is 0 Å². The van der Waals surface area contributed by atoms with Gasteiger partial charge in [-0.25, -0.2) is 4.79 Å². The van der Waals surface area contributed by atoms with Gasteiger partial charge in [-0.05, 0) is 26.7 Å². The molecule has 102 valence electrons. The van der Waals surface area contributed by atoms with E-state index in [0.717, 1.165) is 0 Å². The van der Waals surface area contributed by atoms with Gasteiger partial charge in [0, 0.05) is 6.54 Å². The molecular formula is C11H19N3O4. The molecule has 0 aromatic carbocycles. The number of aliphatic carboxylic acids is 1. The lowest BCUT2D eigenvalue weighted by atomic mass is 10.2. The van der Waals surface area contributed by atoms with Gasteiger partial charge in [0.25, 0.3) is 0 Å². The number of carbonyl (C=O) groups is 3. The van der Waals surface area contributed by atoms with E-state index in [1.807, 2.05) is 0 Å². The van der Waals surface area contributed by atoms with Crippen LogP contribution in [-0.2, 0) is 14.4 Å². The molecular weight excluding hydrogens is 238 g/mol. The van der Waals surface area contributed by atoms with E-state index < -0.39 is 30.0 Å². The van der Waals surface area contributed by atoms with E-state index in [1.165, 1.54) is 18.7 Å². The smallest absolute Gasteiger partial charge is 0.326 e. The fraction of sp³-hybridized carbons (Fsp3) is 0.727. The first-order chi connectivity index (χ1) is 8.34. The average Bonchev–Trinajstić information content (AvgIpc) is 2.76. The first-order valence-corrected chi connectivity index (χ1v) is 5.93. The third-order valence-electron chi connectivity index (χ3n) is 2.96. The number of nitrogens with zero attached hydrogens (tertiary/aromatic N) is 1. The standard InChI is InChI=1S/C11H19N3O4/c1-6(12)9(15)13-7(2)10(16)14-5-3-4-8(14)11(17)18/h6-8H,3-5,12H2,1-2H3,(H,13,15)(H,17,18)/t6-,7-,8+/m0/s1. The number of carboxylic acid groups (broad SMARTS) is 1. The lowest BCUT2D eigenvalue weighted by Crippen LogP contribution is -2.52. The molecule has 0 aromatic rings. The van der Waals surface area contributed by atoms with Crippen molar-refractivity contribution in [3.05, 3.63) is 0 Å². The summed E-state index contributed by atoms with van der Waals surface area (Å²) in [6, 6.07) is -2.25. The SMILES string of the molecule is C[C@H](N)C(=O)N[C@@H](C)C(=O)N1CCC[C@@H]1C(=O)O. The minimum absolute atomic E-state index is 0.381. The van der Waals surface area contributed by atoms with Crippen molar-refractivity contribution < 1.29 is 19.5 Å². The Bertz CT molecular complexity index is 356. The highest BCUT2D eigenvalue weighted by Gasteiger charge is 2.36. The fourth-order valence-electron chi connectivity index (χ4n) is 1.94. The second kappa shape index (κ2) is 5.81. The Labute approximate surface area is 105 Å². The molecule has 7 nitrogen and oxygen atoms in total. The summed E-state index contributed by atoms with van der Waals surface area (Å²) in [6.07, 6.45) is 1.12. The van der Waals surface area contributed by atoms with Crippen LogP contribution in [-0.4, -0.2) is 52.5 Å². The number of rotatable bonds is 4.